The first-order chi connectivity index (χ1) is 7.13. The van der Waals surface area contributed by atoms with Crippen molar-refractivity contribution in [2.45, 2.75) is 13.0 Å². The molecular formula is C10H9N3O2. The van der Waals surface area contributed by atoms with Crippen molar-refractivity contribution in [1.82, 2.24) is 4.57 Å². The normalized spacial score (nSPS) is 12.5. The predicted molar refractivity (Wildman–Crippen MR) is 55.2 cm³/mol. The fourth-order valence-electron chi connectivity index (χ4n) is 1.48. The minimum Gasteiger partial charge on any atom is -0.408 e. The fourth-order valence-corrected chi connectivity index (χ4v) is 1.48. The maximum atomic E-state index is 11.5. The third kappa shape index (κ3) is 1.36. The van der Waals surface area contributed by atoms with Crippen LogP contribution in [0.1, 0.15) is 13.0 Å². The molecule has 1 aromatic carbocycles. The van der Waals surface area contributed by atoms with Crippen molar-refractivity contribution in [2.75, 3.05) is 5.73 Å². The number of anilines is 1. The predicted octanol–water partition coefficient (Wildman–Crippen LogP) is 1.26. The van der Waals surface area contributed by atoms with Gasteiger partial charge in [-0.25, -0.2) is 4.79 Å². The number of nitrogens with zero attached hydrogens (tertiary/aromatic N) is 2. The molecule has 15 heavy (non-hydrogen) atoms. The number of oxazole rings is 1. The topological polar surface area (TPSA) is 85.0 Å². The van der Waals surface area contributed by atoms with Crippen molar-refractivity contribution in [3.63, 3.8) is 0 Å². The van der Waals surface area contributed by atoms with E-state index in [2.05, 4.69) is 0 Å². The number of hydrogen-bond donors (Lipinski definition) is 1. The first kappa shape index (κ1) is 9.34. The van der Waals surface area contributed by atoms with E-state index in [4.69, 9.17) is 15.4 Å². The molecule has 1 aromatic heterocycles. The Morgan fingerprint density at radius 1 is 1.60 bits per heavy atom. The molecular weight excluding hydrogens is 194 g/mol. The SMILES string of the molecule is CC(C#N)n1c(=O)oc2ccc(N)cc21. The monoisotopic (exact) mass is 203 g/mol. The Hall–Kier alpha value is -2.22. The van der Waals surface area contributed by atoms with E-state index in [9.17, 15) is 4.79 Å². The van der Waals surface area contributed by atoms with Crippen LogP contribution in [0.4, 0.5) is 5.69 Å². The van der Waals surface area contributed by atoms with Crippen LogP contribution in [-0.4, -0.2) is 4.57 Å². The molecule has 0 spiro atoms. The van der Waals surface area contributed by atoms with Crippen molar-refractivity contribution in [3.8, 4) is 6.07 Å². The van der Waals surface area contributed by atoms with E-state index in [0.29, 0.717) is 16.8 Å². The van der Waals surface area contributed by atoms with Gasteiger partial charge in [0.2, 0.25) is 0 Å². The molecule has 1 atom stereocenters. The highest BCUT2D eigenvalue weighted by molar-refractivity contribution is 5.77. The Bertz CT molecular complexity index is 603. The van der Waals surface area contributed by atoms with Gasteiger partial charge in [0.1, 0.15) is 6.04 Å². The van der Waals surface area contributed by atoms with Crippen molar-refractivity contribution in [3.05, 3.63) is 28.7 Å². The average Bonchev–Trinajstić information content (AvgIpc) is 2.52. The number of fused-ring (bicyclic) bond motifs is 1. The number of nitriles is 1. The zero-order valence-corrected chi connectivity index (χ0v) is 8.10. The number of hydrogen-bond acceptors (Lipinski definition) is 4. The highest BCUT2D eigenvalue weighted by atomic mass is 16.4. The van der Waals surface area contributed by atoms with Crippen LogP contribution >= 0.6 is 0 Å². The van der Waals surface area contributed by atoms with Gasteiger partial charge in [0.25, 0.3) is 0 Å². The van der Waals surface area contributed by atoms with Gasteiger partial charge in [-0.05, 0) is 25.1 Å². The molecule has 76 valence electrons. The van der Waals surface area contributed by atoms with Gasteiger partial charge in [0, 0.05) is 5.69 Å². The third-order valence-electron chi connectivity index (χ3n) is 2.21. The molecule has 0 saturated carbocycles. The highest BCUT2D eigenvalue weighted by Crippen LogP contribution is 2.19. The summed E-state index contributed by atoms with van der Waals surface area (Å²) >= 11 is 0. The van der Waals surface area contributed by atoms with Gasteiger partial charge >= 0.3 is 5.76 Å². The lowest BCUT2D eigenvalue weighted by Crippen LogP contribution is -2.17. The number of nitrogen functional groups attached to an aromatic ring is 1. The molecule has 0 bridgehead atoms. The van der Waals surface area contributed by atoms with E-state index in [0.717, 1.165) is 0 Å². The molecule has 0 aliphatic rings. The molecule has 0 saturated heterocycles. The number of benzene rings is 1. The van der Waals surface area contributed by atoms with E-state index in [-0.39, 0.29) is 0 Å². The van der Waals surface area contributed by atoms with Crippen molar-refractivity contribution >= 4 is 16.8 Å². The quantitative estimate of drug-likeness (QED) is 0.707. The summed E-state index contributed by atoms with van der Waals surface area (Å²) in [6.45, 7) is 1.62. The molecule has 2 N–H and O–H groups in total. The van der Waals surface area contributed by atoms with Crippen LogP contribution in [0.25, 0.3) is 11.1 Å². The second kappa shape index (κ2) is 3.17. The Morgan fingerprint density at radius 3 is 3.00 bits per heavy atom. The smallest absolute Gasteiger partial charge is 0.408 e. The van der Waals surface area contributed by atoms with Gasteiger partial charge < -0.3 is 10.2 Å². The largest absolute Gasteiger partial charge is 0.421 e. The second-order valence-electron chi connectivity index (χ2n) is 3.27. The summed E-state index contributed by atoms with van der Waals surface area (Å²) < 4.78 is 6.26. The van der Waals surface area contributed by atoms with E-state index >= 15 is 0 Å². The molecule has 0 fully saturated rings. The zero-order chi connectivity index (χ0) is 11.0. The van der Waals surface area contributed by atoms with Gasteiger partial charge in [-0.3, -0.25) is 4.57 Å². The standard InChI is InChI=1S/C10H9N3O2/c1-6(5-11)13-8-4-7(12)2-3-9(8)15-10(13)14/h2-4,6H,12H2,1H3. The van der Waals surface area contributed by atoms with Gasteiger partial charge in [-0.2, -0.15) is 5.26 Å². The number of nitrogens with two attached hydrogens (primary N) is 1. The van der Waals surface area contributed by atoms with Crippen LogP contribution in [-0.2, 0) is 0 Å². The van der Waals surface area contributed by atoms with Crippen molar-refractivity contribution < 1.29 is 4.42 Å². The lowest BCUT2D eigenvalue weighted by atomic mass is 10.2. The molecule has 1 unspecified atom stereocenters. The zero-order valence-electron chi connectivity index (χ0n) is 8.10. The van der Waals surface area contributed by atoms with Crippen LogP contribution in [0.2, 0.25) is 0 Å². The first-order valence-electron chi connectivity index (χ1n) is 4.43. The van der Waals surface area contributed by atoms with Crippen LogP contribution < -0.4 is 11.5 Å². The summed E-state index contributed by atoms with van der Waals surface area (Å²) in [5.41, 5.74) is 7.12. The highest BCUT2D eigenvalue weighted by Gasteiger charge is 2.14. The molecule has 5 nitrogen and oxygen atoms in total. The Labute approximate surface area is 85.3 Å². The molecule has 2 rings (SSSR count). The number of aromatic nitrogens is 1. The van der Waals surface area contributed by atoms with Crippen LogP contribution in [0.3, 0.4) is 0 Å². The molecule has 1 heterocycles. The van der Waals surface area contributed by atoms with E-state index < -0.39 is 11.8 Å². The minimum atomic E-state index is -0.569. The van der Waals surface area contributed by atoms with Gasteiger partial charge in [-0.15, -0.1) is 0 Å². The molecule has 2 aromatic rings. The van der Waals surface area contributed by atoms with E-state index in [1.807, 2.05) is 6.07 Å². The maximum absolute atomic E-state index is 11.5. The van der Waals surface area contributed by atoms with Crippen LogP contribution in [0, 0.1) is 11.3 Å². The molecule has 0 aliphatic heterocycles. The van der Waals surface area contributed by atoms with Gasteiger partial charge in [0.15, 0.2) is 5.58 Å². The average molecular weight is 203 g/mol. The van der Waals surface area contributed by atoms with Crippen molar-refractivity contribution in [1.29, 1.82) is 5.26 Å². The van der Waals surface area contributed by atoms with Crippen LogP contribution in [0.15, 0.2) is 27.4 Å². The third-order valence-corrected chi connectivity index (χ3v) is 2.21. The maximum Gasteiger partial charge on any atom is 0.421 e. The molecule has 0 aliphatic carbocycles. The molecule has 5 heteroatoms. The first-order valence-corrected chi connectivity index (χ1v) is 4.43. The Morgan fingerprint density at radius 2 is 2.33 bits per heavy atom. The van der Waals surface area contributed by atoms with Gasteiger partial charge in [0.05, 0.1) is 11.6 Å². The minimum absolute atomic E-state index is 0.441. The molecule has 0 amide bonds. The van der Waals surface area contributed by atoms with E-state index in [1.54, 1.807) is 25.1 Å². The summed E-state index contributed by atoms with van der Waals surface area (Å²) in [6, 6.07) is 6.30. The lowest BCUT2D eigenvalue weighted by Gasteiger charge is -2.02. The lowest BCUT2D eigenvalue weighted by molar-refractivity contribution is 0.497. The van der Waals surface area contributed by atoms with E-state index in [1.165, 1.54) is 4.57 Å². The van der Waals surface area contributed by atoms with Gasteiger partial charge in [-0.1, -0.05) is 0 Å². The summed E-state index contributed by atoms with van der Waals surface area (Å²) in [4.78, 5) is 11.5. The summed E-state index contributed by atoms with van der Waals surface area (Å²) in [6.07, 6.45) is 0. The van der Waals surface area contributed by atoms with Crippen LogP contribution in [0.5, 0.6) is 0 Å². The summed E-state index contributed by atoms with van der Waals surface area (Å²) in [7, 11) is 0. The number of rotatable bonds is 1. The Kier molecular flexibility index (Phi) is 1.97. The second-order valence-corrected chi connectivity index (χ2v) is 3.27. The summed E-state index contributed by atoms with van der Waals surface area (Å²) in [5.74, 6) is -0.537. The molecule has 0 radical (unpaired) electrons. The van der Waals surface area contributed by atoms with Crippen molar-refractivity contribution in [2.24, 2.45) is 0 Å². The summed E-state index contributed by atoms with van der Waals surface area (Å²) in [5, 5.41) is 8.78. The fraction of sp³-hybridized carbons (Fsp3) is 0.200. The Balaban J connectivity index is 2.83.